The van der Waals surface area contributed by atoms with Crippen LogP contribution in [0.1, 0.15) is 117 Å². The third-order valence-corrected chi connectivity index (χ3v) is 13.2. The molecular weight excluding hydrogens is 912 g/mol. The molecule has 20 heteroatoms. The topological polar surface area (TPSA) is 220 Å². The van der Waals surface area contributed by atoms with E-state index in [1.54, 1.807) is 38.4 Å². The second kappa shape index (κ2) is 23.1. The van der Waals surface area contributed by atoms with E-state index in [1.165, 1.54) is 89.9 Å². The average molecular weight is 964 g/mol. The van der Waals surface area contributed by atoms with E-state index in [2.05, 4.69) is 64.8 Å². The number of nitrogens with zero attached hydrogens (tertiary/aromatic N) is 6. The van der Waals surface area contributed by atoms with Crippen LogP contribution in [0.25, 0.3) is 22.3 Å². The molecule has 0 bridgehead atoms. The van der Waals surface area contributed by atoms with Gasteiger partial charge in [-0.15, -0.1) is 10.2 Å². The number of rotatable bonds is 11. The van der Waals surface area contributed by atoms with Crippen molar-refractivity contribution in [2.45, 2.75) is 97.8 Å². The number of nitrogens with one attached hydrogen (secondary N) is 4. The summed E-state index contributed by atoms with van der Waals surface area (Å²) in [4.78, 5) is 64.4. The first-order valence-corrected chi connectivity index (χ1v) is 23.7. The molecule has 4 N–H and O–H groups in total. The molecule has 16 nitrogen and oxygen atoms in total. The molecule has 0 spiro atoms. The van der Waals surface area contributed by atoms with Crippen molar-refractivity contribution in [1.29, 1.82) is 0 Å². The molecule has 65 heavy (non-hydrogen) atoms. The number of amides is 2. The van der Waals surface area contributed by atoms with Gasteiger partial charge in [-0.1, -0.05) is 88.4 Å². The Morgan fingerprint density at radius 3 is 1.66 bits per heavy atom. The monoisotopic (exact) mass is 962 g/mol. The molecular formula is C45H52Cl2N10O6S2. The maximum atomic E-state index is 13.1. The summed E-state index contributed by atoms with van der Waals surface area (Å²) >= 11 is 13.8. The Morgan fingerprint density at radius 1 is 0.708 bits per heavy atom. The van der Waals surface area contributed by atoms with Crippen LogP contribution in [-0.4, -0.2) is 66.4 Å². The first-order valence-electron chi connectivity index (χ1n) is 21.3. The van der Waals surface area contributed by atoms with Gasteiger partial charge in [0.1, 0.15) is 21.8 Å². The van der Waals surface area contributed by atoms with Crippen LogP contribution in [0.4, 0.5) is 10.3 Å². The Labute approximate surface area is 394 Å². The van der Waals surface area contributed by atoms with E-state index >= 15 is 0 Å². The highest BCUT2D eigenvalue weighted by Crippen LogP contribution is 2.40. The van der Waals surface area contributed by atoms with Crippen LogP contribution in [0, 0.1) is 18.3 Å². The van der Waals surface area contributed by atoms with E-state index in [0.29, 0.717) is 50.4 Å². The van der Waals surface area contributed by atoms with Gasteiger partial charge in [-0.3, -0.25) is 39.8 Å². The maximum absolute atomic E-state index is 13.1. The van der Waals surface area contributed by atoms with Crippen LogP contribution >= 0.6 is 45.9 Å². The van der Waals surface area contributed by atoms with Crippen molar-refractivity contribution in [2.75, 3.05) is 24.9 Å². The Hall–Kier alpha value is -5.56. The summed E-state index contributed by atoms with van der Waals surface area (Å²) in [6, 6.07) is 6.95. The summed E-state index contributed by atoms with van der Waals surface area (Å²) < 4.78 is 10.8. The number of aromatic nitrogens is 8. The highest BCUT2D eigenvalue weighted by Gasteiger charge is 2.27. The van der Waals surface area contributed by atoms with Crippen molar-refractivity contribution < 1.29 is 19.1 Å². The normalized spacial score (nSPS) is 14.5. The first kappa shape index (κ1) is 48.9. The van der Waals surface area contributed by atoms with Crippen LogP contribution in [-0.2, 0) is 6.42 Å². The number of hydrogen-bond acceptors (Lipinski definition) is 14. The van der Waals surface area contributed by atoms with Crippen molar-refractivity contribution in [2.24, 2.45) is 11.3 Å². The first-order chi connectivity index (χ1) is 31.2. The van der Waals surface area contributed by atoms with Gasteiger partial charge in [0.15, 0.2) is 0 Å². The Bertz CT molecular complexity index is 2690. The molecule has 0 atom stereocenters. The Kier molecular flexibility index (Phi) is 17.3. The number of hydrogen-bond donors (Lipinski definition) is 4. The van der Waals surface area contributed by atoms with Crippen molar-refractivity contribution in [3.8, 4) is 33.8 Å². The second-order valence-electron chi connectivity index (χ2n) is 16.4. The fraction of sp³-hybridized carbons (Fsp3) is 0.422. The molecule has 6 aromatic heterocycles. The third kappa shape index (κ3) is 13.7. The number of ether oxygens (including phenoxy) is 2. The lowest BCUT2D eigenvalue weighted by molar-refractivity contribution is 0.101. The average Bonchev–Trinajstić information content (AvgIpc) is 3.92. The standard InChI is InChI=1S/C23H26ClN5O3S.C15H12ClN5O3S.C7H14/c1-23(7-4-3-5-8-23)9-6-14-10-15(16-11-19(24)26-13-18(16)32-2)17(12-25-14)20(30)27-21-28-29-22(31)33-21;1-7-3-8(9-4-12(16)18-6-11(9)24-2)10(5-17-7)13(22)19-14-20-21-15(23)25-14;1-7-5-3-2-4-6-7/h10-13H,3-9H2,1-2H3,(H,29,31)(H,27,28,30);3-6H,1-2H3,(H,21,23)(H,19,20,22);7H,2-6H2,1H3. The van der Waals surface area contributed by atoms with Crippen molar-refractivity contribution >= 4 is 68.0 Å². The van der Waals surface area contributed by atoms with Crippen LogP contribution in [0.2, 0.25) is 10.3 Å². The number of carbonyl (C=O) groups excluding carboxylic acids is 2. The van der Waals surface area contributed by atoms with Gasteiger partial charge in [0.25, 0.3) is 11.8 Å². The van der Waals surface area contributed by atoms with E-state index < -0.39 is 11.8 Å². The maximum Gasteiger partial charge on any atom is 0.324 e. The molecule has 2 saturated carbocycles. The zero-order valence-electron chi connectivity index (χ0n) is 36.9. The number of anilines is 2. The van der Waals surface area contributed by atoms with E-state index in [4.69, 9.17) is 32.7 Å². The van der Waals surface area contributed by atoms with Crippen LogP contribution in [0.15, 0.2) is 58.6 Å². The van der Waals surface area contributed by atoms with Crippen molar-refractivity contribution in [1.82, 2.24) is 40.3 Å². The van der Waals surface area contributed by atoms with Crippen LogP contribution in [0.5, 0.6) is 11.5 Å². The molecule has 2 aliphatic rings. The van der Waals surface area contributed by atoms with E-state index in [9.17, 15) is 19.2 Å². The summed E-state index contributed by atoms with van der Waals surface area (Å²) in [5.41, 5.74) is 5.01. The molecule has 6 aromatic rings. The molecule has 0 saturated heterocycles. The summed E-state index contributed by atoms with van der Waals surface area (Å²) in [6.45, 7) is 6.52. The molecule has 8 rings (SSSR count). The van der Waals surface area contributed by atoms with Gasteiger partial charge in [0, 0.05) is 46.0 Å². The number of carbonyl (C=O) groups is 2. The smallest absolute Gasteiger partial charge is 0.324 e. The number of aryl methyl sites for hydroxylation is 2. The lowest BCUT2D eigenvalue weighted by Crippen LogP contribution is -2.21. The molecule has 6 heterocycles. The molecule has 2 fully saturated rings. The van der Waals surface area contributed by atoms with Gasteiger partial charge in [-0.05, 0) is 90.9 Å². The second-order valence-corrected chi connectivity index (χ2v) is 19.1. The highest BCUT2D eigenvalue weighted by atomic mass is 35.5. The molecule has 0 aliphatic heterocycles. The van der Waals surface area contributed by atoms with Crippen LogP contribution < -0.4 is 29.9 Å². The lowest BCUT2D eigenvalue weighted by Gasteiger charge is -2.33. The minimum absolute atomic E-state index is 0.168. The third-order valence-electron chi connectivity index (χ3n) is 11.4. The number of pyridine rings is 4. The minimum atomic E-state index is -0.458. The van der Waals surface area contributed by atoms with E-state index in [1.807, 2.05) is 6.07 Å². The number of halogens is 2. The van der Waals surface area contributed by atoms with Gasteiger partial charge >= 0.3 is 9.75 Å². The van der Waals surface area contributed by atoms with E-state index in [0.717, 1.165) is 47.1 Å². The molecule has 0 aromatic carbocycles. The molecule has 0 unspecified atom stereocenters. The van der Waals surface area contributed by atoms with Gasteiger partial charge in [0.05, 0.1) is 37.7 Å². The SMILES string of the molecule is CC1CCCCC1.COc1cnc(Cl)cc1-c1cc(C)ncc1C(=O)Nc1n[nH]c(=O)s1.COc1cnc(Cl)cc1-c1cc(CCC2(C)CCCCC2)ncc1C(=O)Nc1n[nH]c(=O)s1. The summed E-state index contributed by atoms with van der Waals surface area (Å²) in [5.74, 6) is 1.11. The summed E-state index contributed by atoms with van der Waals surface area (Å²) in [7, 11) is 3.05. The predicted octanol–water partition coefficient (Wildman–Crippen LogP) is 10.2. The number of aromatic amines is 2. The summed E-state index contributed by atoms with van der Waals surface area (Å²) in [5, 5.41) is 18.2. The van der Waals surface area contributed by atoms with Gasteiger partial charge in [-0.25, -0.2) is 20.2 Å². The fourth-order valence-corrected chi connectivity index (χ4v) is 9.19. The quantitative estimate of drug-likeness (QED) is 0.0892. The molecule has 2 amide bonds. The van der Waals surface area contributed by atoms with Crippen molar-refractivity contribution in [3.63, 3.8) is 0 Å². The zero-order chi connectivity index (χ0) is 46.5. The van der Waals surface area contributed by atoms with Gasteiger partial charge < -0.3 is 9.47 Å². The van der Waals surface area contributed by atoms with Gasteiger partial charge in [0.2, 0.25) is 10.3 Å². The highest BCUT2D eigenvalue weighted by molar-refractivity contribution is 7.13. The summed E-state index contributed by atoms with van der Waals surface area (Å²) in [6.07, 6.45) is 21.7. The number of methoxy groups -OCH3 is 2. The Balaban J connectivity index is 0.000000192. The lowest BCUT2D eigenvalue weighted by atomic mass is 9.72. The zero-order valence-corrected chi connectivity index (χ0v) is 40.0. The van der Waals surface area contributed by atoms with Gasteiger partial charge in [-0.2, -0.15) is 0 Å². The van der Waals surface area contributed by atoms with E-state index in [-0.39, 0.29) is 35.9 Å². The Morgan fingerprint density at radius 2 is 1.20 bits per heavy atom. The molecule has 0 radical (unpaired) electrons. The molecule has 344 valence electrons. The number of H-pyrrole nitrogens is 2. The van der Waals surface area contributed by atoms with Crippen molar-refractivity contribution in [3.05, 3.63) is 101 Å². The predicted molar refractivity (Wildman–Crippen MR) is 256 cm³/mol. The largest absolute Gasteiger partial charge is 0.494 e. The minimum Gasteiger partial charge on any atom is -0.494 e. The fourth-order valence-electron chi connectivity index (χ4n) is 7.87. The van der Waals surface area contributed by atoms with Crippen LogP contribution in [0.3, 0.4) is 0 Å². The molecule has 2 aliphatic carbocycles.